The second-order valence-electron chi connectivity index (χ2n) is 4.46. The zero-order valence-corrected chi connectivity index (χ0v) is 12.0. The molecule has 0 saturated heterocycles. The molecule has 0 radical (unpaired) electrons. The molecule has 1 aromatic carbocycles. The minimum atomic E-state index is -0.552. The van der Waals surface area contributed by atoms with E-state index in [9.17, 15) is 9.18 Å². The summed E-state index contributed by atoms with van der Waals surface area (Å²) >= 11 is 1.62. The summed E-state index contributed by atoms with van der Waals surface area (Å²) in [6.07, 6.45) is 0.793. The van der Waals surface area contributed by atoms with E-state index in [1.165, 1.54) is 18.2 Å². The number of carbonyl (C=O) groups excluding carboxylic acids is 1. The average Bonchev–Trinajstić information content (AvgIpc) is 2.82. The quantitative estimate of drug-likeness (QED) is 0.801. The Morgan fingerprint density at radius 2 is 2.30 bits per heavy atom. The molecule has 3 N–H and O–H groups in total. The number of primary amides is 1. The van der Waals surface area contributed by atoms with Crippen molar-refractivity contribution in [2.45, 2.75) is 19.9 Å². The Balaban J connectivity index is 1.87. The van der Waals surface area contributed by atoms with E-state index < -0.39 is 5.91 Å². The van der Waals surface area contributed by atoms with Gasteiger partial charge in [-0.2, -0.15) is 0 Å². The number of benzene rings is 1. The monoisotopic (exact) mass is 293 g/mol. The predicted octanol–water partition coefficient (Wildman–Crippen LogP) is 2.02. The van der Waals surface area contributed by atoms with Gasteiger partial charge in [-0.1, -0.05) is 0 Å². The van der Waals surface area contributed by atoms with Crippen LogP contribution in [-0.4, -0.2) is 17.4 Å². The number of carbonyl (C=O) groups is 1. The second-order valence-corrected chi connectivity index (χ2v) is 5.52. The van der Waals surface area contributed by atoms with Gasteiger partial charge in [0.1, 0.15) is 5.82 Å². The number of nitrogens with zero attached hydrogens (tertiary/aromatic N) is 1. The summed E-state index contributed by atoms with van der Waals surface area (Å²) in [4.78, 5) is 15.4. The molecular formula is C14H16FN3OS. The number of nitrogens with two attached hydrogens (primary N) is 1. The molecule has 0 saturated carbocycles. The van der Waals surface area contributed by atoms with E-state index in [1.807, 2.05) is 12.3 Å². The third-order valence-corrected chi connectivity index (χ3v) is 3.69. The van der Waals surface area contributed by atoms with E-state index in [4.69, 9.17) is 5.73 Å². The molecular weight excluding hydrogens is 277 g/mol. The lowest BCUT2D eigenvalue weighted by Crippen LogP contribution is -2.18. The van der Waals surface area contributed by atoms with Crippen molar-refractivity contribution in [3.05, 3.63) is 51.2 Å². The number of nitrogens with one attached hydrogen (secondary N) is 1. The molecule has 6 heteroatoms. The minimum absolute atomic E-state index is 0.318. The highest BCUT2D eigenvalue weighted by atomic mass is 32.1. The Hall–Kier alpha value is -1.79. The van der Waals surface area contributed by atoms with Crippen molar-refractivity contribution in [1.29, 1.82) is 0 Å². The zero-order valence-electron chi connectivity index (χ0n) is 11.1. The van der Waals surface area contributed by atoms with E-state index in [0.29, 0.717) is 24.2 Å². The number of hydrogen-bond donors (Lipinski definition) is 2. The predicted molar refractivity (Wildman–Crippen MR) is 77.2 cm³/mol. The van der Waals surface area contributed by atoms with Crippen LogP contribution in [0.5, 0.6) is 0 Å². The molecule has 106 valence electrons. The van der Waals surface area contributed by atoms with Crippen molar-refractivity contribution < 1.29 is 9.18 Å². The normalized spacial score (nSPS) is 10.7. The maximum Gasteiger partial charge on any atom is 0.248 e. The third-order valence-electron chi connectivity index (χ3n) is 2.87. The molecule has 20 heavy (non-hydrogen) atoms. The fourth-order valence-electron chi connectivity index (χ4n) is 1.83. The van der Waals surface area contributed by atoms with Crippen LogP contribution in [-0.2, 0) is 13.0 Å². The van der Waals surface area contributed by atoms with Crippen LogP contribution in [0.2, 0.25) is 0 Å². The van der Waals surface area contributed by atoms with Crippen molar-refractivity contribution in [1.82, 2.24) is 10.3 Å². The fourth-order valence-corrected chi connectivity index (χ4v) is 2.47. The van der Waals surface area contributed by atoms with E-state index in [-0.39, 0.29) is 5.82 Å². The molecule has 1 aromatic heterocycles. The van der Waals surface area contributed by atoms with Gasteiger partial charge in [0.25, 0.3) is 0 Å². The van der Waals surface area contributed by atoms with Crippen LogP contribution in [0.4, 0.5) is 4.39 Å². The summed E-state index contributed by atoms with van der Waals surface area (Å²) in [6.45, 7) is 3.02. The van der Waals surface area contributed by atoms with Crippen LogP contribution in [0.3, 0.4) is 0 Å². The second kappa shape index (κ2) is 6.58. The smallest absolute Gasteiger partial charge is 0.248 e. The maximum atomic E-state index is 13.6. The molecule has 0 aliphatic carbocycles. The van der Waals surface area contributed by atoms with Crippen LogP contribution in [0, 0.1) is 12.7 Å². The summed E-state index contributed by atoms with van der Waals surface area (Å²) in [7, 11) is 0. The van der Waals surface area contributed by atoms with Gasteiger partial charge in [0, 0.05) is 36.0 Å². The van der Waals surface area contributed by atoms with Crippen LogP contribution in [0.25, 0.3) is 0 Å². The number of amides is 1. The summed E-state index contributed by atoms with van der Waals surface area (Å²) in [5, 5.41) is 6.20. The molecule has 1 amide bonds. The Kier molecular flexibility index (Phi) is 4.81. The van der Waals surface area contributed by atoms with Gasteiger partial charge in [0.15, 0.2) is 0 Å². The van der Waals surface area contributed by atoms with Gasteiger partial charge in [-0.05, 0) is 25.1 Å². The highest BCUT2D eigenvalue weighted by Gasteiger charge is 2.07. The number of aromatic nitrogens is 1. The zero-order chi connectivity index (χ0) is 14.5. The first-order valence-electron chi connectivity index (χ1n) is 6.26. The van der Waals surface area contributed by atoms with Gasteiger partial charge in [-0.3, -0.25) is 4.79 Å². The molecule has 0 atom stereocenters. The Labute approximate surface area is 120 Å². The average molecular weight is 293 g/mol. The topological polar surface area (TPSA) is 68.0 Å². The van der Waals surface area contributed by atoms with Gasteiger partial charge in [-0.25, -0.2) is 9.37 Å². The Morgan fingerprint density at radius 1 is 1.50 bits per heavy atom. The van der Waals surface area contributed by atoms with Crippen molar-refractivity contribution in [2.75, 3.05) is 6.54 Å². The number of halogens is 1. The lowest BCUT2D eigenvalue weighted by atomic mass is 10.1. The van der Waals surface area contributed by atoms with Crippen LogP contribution < -0.4 is 11.1 Å². The summed E-state index contributed by atoms with van der Waals surface area (Å²) in [5.74, 6) is -0.892. The fraction of sp³-hybridized carbons (Fsp3) is 0.286. The summed E-state index contributed by atoms with van der Waals surface area (Å²) < 4.78 is 13.6. The number of thiazole rings is 1. The van der Waals surface area contributed by atoms with Crippen molar-refractivity contribution in [2.24, 2.45) is 5.73 Å². The van der Waals surface area contributed by atoms with Gasteiger partial charge in [-0.15, -0.1) is 11.3 Å². The lowest BCUT2D eigenvalue weighted by Gasteiger charge is -2.06. The molecule has 0 fully saturated rings. The minimum Gasteiger partial charge on any atom is -0.366 e. The van der Waals surface area contributed by atoms with Crippen molar-refractivity contribution >= 4 is 17.2 Å². The van der Waals surface area contributed by atoms with Gasteiger partial charge in [0.05, 0.1) is 10.7 Å². The van der Waals surface area contributed by atoms with E-state index in [0.717, 1.165) is 17.1 Å². The Morgan fingerprint density at radius 3 is 2.95 bits per heavy atom. The number of rotatable bonds is 6. The number of hydrogen-bond acceptors (Lipinski definition) is 4. The van der Waals surface area contributed by atoms with Crippen LogP contribution in [0.1, 0.15) is 26.6 Å². The maximum absolute atomic E-state index is 13.6. The molecule has 2 rings (SSSR count). The van der Waals surface area contributed by atoms with Crippen molar-refractivity contribution in [3.63, 3.8) is 0 Å². The molecule has 0 aliphatic rings. The standard InChI is InChI=1S/C14H16FN3OS/c1-9-18-12(8-20-9)4-5-17-7-11-6-10(14(16)19)2-3-13(11)15/h2-3,6,8,17H,4-5,7H2,1H3,(H2,16,19). The van der Waals surface area contributed by atoms with Gasteiger partial charge in [0.2, 0.25) is 5.91 Å². The SMILES string of the molecule is Cc1nc(CCNCc2cc(C(N)=O)ccc2F)cs1. The summed E-state index contributed by atoms with van der Waals surface area (Å²) in [5.41, 5.74) is 6.97. The molecule has 0 spiro atoms. The number of aryl methyl sites for hydroxylation is 1. The first-order valence-corrected chi connectivity index (χ1v) is 7.14. The molecule has 2 aromatic rings. The van der Waals surface area contributed by atoms with Gasteiger partial charge >= 0.3 is 0 Å². The van der Waals surface area contributed by atoms with E-state index in [2.05, 4.69) is 10.3 Å². The Bertz CT molecular complexity index is 612. The van der Waals surface area contributed by atoms with Crippen molar-refractivity contribution in [3.8, 4) is 0 Å². The van der Waals surface area contributed by atoms with Crippen LogP contribution >= 0.6 is 11.3 Å². The molecule has 0 aliphatic heterocycles. The highest BCUT2D eigenvalue weighted by Crippen LogP contribution is 2.11. The van der Waals surface area contributed by atoms with E-state index >= 15 is 0 Å². The van der Waals surface area contributed by atoms with Crippen LogP contribution in [0.15, 0.2) is 23.6 Å². The lowest BCUT2D eigenvalue weighted by molar-refractivity contribution is 0.1000. The highest BCUT2D eigenvalue weighted by molar-refractivity contribution is 7.09. The van der Waals surface area contributed by atoms with E-state index in [1.54, 1.807) is 11.3 Å². The molecule has 0 unspecified atom stereocenters. The van der Waals surface area contributed by atoms with Gasteiger partial charge < -0.3 is 11.1 Å². The molecule has 1 heterocycles. The third kappa shape index (κ3) is 3.85. The molecule has 0 bridgehead atoms. The summed E-state index contributed by atoms with van der Waals surface area (Å²) in [6, 6.07) is 4.14. The first kappa shape index (κ1) is 14.6. The largest absolute Gasteiger partial charge is 0.366 e. The first-order chi connectivity index (χ1) is 9.56. The molecule has 4 nitrogen and oxygen atoms in total.